The van der Waals surface area contributed by atoms with Crippen LogP contribution in [-0.4, -0.2) is 17.7 Å². The molecule has 1 aromatic heterocycles. The molecule has 1 aliphatic heterocycles. The van der Waals surface area contributed by atoms with Crippen LogP contribution < -0.4 is 14.8 Å². The zero-order chi connectivity index (χ0) is 14.7. The Morgan fingerprint density at radius 2 is 2.33 bits per heavy atom. The minimum atomic E-state index is 0.257. The van der Waals surface area contributed by atoms with Gasteiger partial charge in [-0.1, -0.05) is 0 Å². The summed E-state index contributed by atoms with van der Waals surface area (Å²) in [6, 6.07) is 4.24. The van der Waals surface area contributed by atoms with Crippen molar-refractivity contribution in [3.63, 3.8) is 0 Å². The maximum Gasteiger partial charge on any atom is 0.124 e. The van der Waals surface area contributed by atoms with Crippen molar-refractivity contribution in [3.05, 3.63) is 39.8 Å². The Hall–Kier alpha value is -1.59. The molecule has 1 N–H and O–H groups in total. The number of benzene rings is 1. The molecule has 1 aromatic carbocycles. The molecule has 112 valence electrons. The monoisotopic (exact) mass is 304 g/mol. The lowest BCUT2D eigenvalue weighted by molar-refractivity contribution is 0.254. The number of ether oxygens (including phenoxy) is 2. The highest BCUT2D eigenvalue weighted by Crippen LogP contribution is 2.35. The van der Waals surface area contributed by atoms with E-state index in [1.54, 1.807) is 11.3 Å². The lowest BCUT2D eigenvalue weighted by atomic mass is 10.1. The number of hydrogen-bond donors (Lipinski definition) is 1. The van der Waals surface area contributed by atoms with Crippen LogP contribution in [-0.2, 0) is 19.5 Å². The van der Waals surface area contributed by atoms with E-state index in [0.29, 0.717) is 6.61 Å². The minimum Gasteiger partial charge on any atom is -0.494 e. The van der Waals surface area contributed by atoms with Gasteiger partial charge >= 0.3 is 0 Å². The first-order chi connectivity index (χ1) is 10.3. The van der Waals surface area contributed by atoms with Gasteiger partial charge in [0.05, 0.1) is 6.61 Å². The molecule has 0 saturated carbocycles. The predicted octanol–water partition coefficient (Wildman–Crippen LogP) is 3.16. The summed E-state index contributed by atoms with van der Waals surface area (Å²) in [5, 5.41) is 6.51. The molecule has 21 heavy (non-hydrogen) atoms. The Balaban J connectivity index is 1.72. The van der Waals surface area contributed by atoms with E-state index < -0.39 is 0 Å². The van der Waals surface area contributed by atoms with Crippen molar-refractivity contribution in [2.75, 3.05) is 6.61 Å². The lowest BCUT2D eigenvalue weighted by Crippen LogP contribution is -2.13. The number of rotatable bonds is 6. The van der Waals surface area contributed by atoms with E-state index in [0.717, 1.165) is 41.6 Å². The van der Waals surface area contributed by atoms with Gasteiger partial charge in [0.1, 0.15) is 22.6 Å². The molecule has 0 fully saturated rings. The van der Waals surface area contributed by atoms with E-state index in [-0.39, 0.29) is 6.10 Å². The van der Waals surface area contributed by atoms with Crippen LogP contribution in [0.2, 0.25) is 0 Å². The van der Waals surface area contributed by atoms with E-state index in [1.807, 2.05) is 18.5 Å². The van der Waals surface area contributed by atoms with Gasteiger partial charge < -0.3 is 14.8 Å². The standard InChI is InChI=1S/C16H20N2O2S/c1-3-19-14-7-12-6-11(2)20-15(12)8-13(14)9-17-10-16-18-4-5-21-16/h4-5,7-8,11,17H,3,6,9-10H2,1-2H3. The summed E-state index contributed by atoms with van der Waals surface area (Å²) in [4.78, 5) is 4.27. The topological polar surface area (TPSA) is 43.4 Å². The number of aromatic nitrogens is 1. The van der Waals surface area contributed by atoms with Crippen molar-refractivity contribution in [3.8, 4) is 11.5 Å². The maximum absolute atomic E-state index is 5.84. The minimum absolute atomic E-state index is 0.257. The molecule has 2 aromatic rings. The summed E-state index contributed by atoms with van der Waals surface area (Å²) >= 11 is 1.66. The fourth-order valence-corrected chi connectivity index (χ4v) is 3.14. The van der Waals surface area contributed by atoms with Gasteiger partial charge in [0, 0.05) is 42.2 Å². The molecular formula is C16H20N2O2S. The molecule has 2 heterocycles. The fourth-order valence-electron chi connectivity index (χ4n) is 2.55. The average Bonchev–Trinajstić information content (AvgIpc) is 3.07. The molecule has 0 bridgehead atoms. The summed E-state index contributed by atoms with van der Waals surface area (Å²) in [6.45, 7) is 6.31. The molecule has 0 amide bonds. The summed E-state index contributed by atoms with van der Waals surface area (Å²) in [5.74, 6) is 1.96. The molecule has 0 saturated heterocycles. The van der Waals surface area contributed by atoms with Crippen molar-refractivity contribution >= 4 is 11.3 Å². The molecule has 3 rings (SSSR count). The van der Waals surface area contributed by atoms with Gasteiger partial charge in [-0.25, -0.2) is 4.98 Å². The second kappa shape index (κ2) is 6.45. The Morgan fingerprint density at radius 3 is 3.10 bits per heavy atom. The zero-order valence-corrected chi connectivity index (χ0v) is 13.2. The van der Waals surface area contributed by atoms with Crippen LogP contribution in [0.25, 0.3) is 0 Å². The molecule has 4 nitrogen and oxygen atoms in total. The number of hydrogen-bond acceptors (Lipinski definition) is 5. The van der Waals surface area contributed by atoms with Crippen molar-refractivity contribution in [1.82, 2.24) is 10.3 Å². The Morgan fingerprint density at radius 1 is 1.43 bits per heavy atom. The number of fused-ring (bicyclic) bond motifs is 1. The Labute approximate surface area is 129 Å². The maximum atomic E-state index is 5.84. The van der Waals surface area contributed by atoms with Gasteiger partial charge in [-0.05, 0) is 26.0 Å². The summed E-state index contributed by atoms with van der Waals surface area (Å²) in [6.07, 6.45) is 3.05. The Kier molecular flexibility index (Phi) is 4.41. The highest BCUT2D eigenvalue weighted by molar-refractivity contribution is 7.09. The molecule has 1 unspecified atom stereocenters. The number of thiazole rings is 1. The number of nitrogens with zero attached hydrogens (tertiary/aromatic N) is 1. The molecule has 0 aliphatic carbocycles. The fraction of sp³-hybridized carbons (Fsp3) is 0.438. The van der Waals surface area contributed by atoms with Crippen molar-refractivity contribution in [1.29, 1.82) is 0 Å². The first kappa shape index (κ1) is 14.4. The highest BCUT2D eigenvalue weighted by atomic mass is 32.1. The van der Waals surface area contributed by atoms with Crippen LogP contribution in [0, 0.1) is 0 Å². The van der Waals surface area contributed by atoms with E-state index >= 15 is 0 Å². The van der Waals surface area contributed by atoms with E-state index in [4.69, 9.17) is 9.47 Å². The SMILES string of the molecule is CCOc1cc2c(cc1CNCc1nccs1)OC(C)C2. The van der Waals surface area contributed by atoms with Gasteiger partial charge in [0.25, 0.3) is 0 Å². The van der Waals surface area contributed by atoms with Crippen LogP contribution in [0.5, 0.6) is 11.5 Å². The molecule has 5 heteroatoms. The van der Waals surface area contributed by atoms with Crippen LogP contribution in [0.3, 0.4) is 0 Å². The third kappa shape index (κ3) is 3.36. The third-order valence-electron chi connectivity index (χ3n) is 3.45. The third-order valence-corrected chi connectivity index (χ3v) is 4.23. The second-order valence-corrected chi connectivity index (χ2v) is 6.14. The average molecular weight is 304 g/mol. The highest BCUT2D eigenvalue weighted by Gasteiger charge is 2.21. The summed E-state index contributed by atoms with van der Waals surface area (Å²) < 4.78 is 11.6. The first-order valence-corrected chi connectivity index (χ1v) is 8.18. The normalized spacial score (nSPS) is 16.6. The summed E-state index contributed by atoms with van der Waals surface area (Å²) in [5.41, 5.74) is 2.39. The number of nitrogens with one attached hydrogen (secondary N) is 1. The molecule has 0 spiro atoms. The Bertz CT molecular complexity index is 599. The van der Waals surface area contributed by atoms with Crippen LogP contribution in [0.15, 0.2) is 23.7 Å². The molecule has 1 atom stereocenters. The van der Waals surface area contributed by atoms with Crippen molar-refractivity contribution in [2.45, 2.75) is 39.5 Å². The molecular weight excluding hydrogens is 284 g/mol. The van der Waals surface area contributed by atoms with Crippen LogP contribution >= 0.6 is 11.3 Å². The van der Waals surface area contributed by atoms with Gasteiger partial charge in [0.2, 0.25) is 0 Å². The lowest BCUT2D eigenvalue weighted by Gasteiger charge is -2.13. The van der Waals surface area contributed by atoms with Gasteiger partial charge in [-0.2, -0.15) is 0 Å². The quantitative estimate of drug-likeness (QED) is 0.890. The predicted molar refractivity (Wildman–Crippen MR) is 84.1 cm³/mol. The van der Waals surface area contributed by atoms with E-state index in [1.165, 1.54) is 5.56 Å². The zero-order valence-electron chi connectivity index (χ0n) is 12.4. The van der Waals surface area contributed by atoms with Crippen molar-refractivity contribution < 1.29 is 9.47 Å². The molecule has 1 aliphatic rings. The van der Waals surface area contributed by atoms with Crippen molar-refractivity contribution in [2.24, 2.45) is 0 Å². The van der Waals surface area contributed by atoms with E-state index in [9.17, 15) is 0 Å². The largest absolute Gasteiger partial charge is 0.494 e. The second-order valence-electron chi connectivity index (χ2n) is 5.16. The van der Waals surface area contributed by atoms with Gasteiger partial charge in [-0.3, -0.25) is 0 Å². The first-order valence-electron chi connectivity index (χ1n) is 7.30. The van der Waals surface area contributed by atoms with Gasteiger partial charge in [0.15, 0.2) is 0 Å². The van der Waals surface area contributed by atoms with E-state index in [2.05, 4.69) is 29.4 Å². The van der Waals surface area contributed by atoms with Crippen LogP contribution in [0.4, 0.5) is 0 Å². The summed E-state index contributed by atoms with van der Waals surface area (Å²) in [7, 11) is 0. The molecule has 0 radical (unpaired) electrons. The van der Waals surface area contributed by atoms with Crippen LogP contribution in [0.1, 0.15) is 30.0 Å². The smallest absolute Gasteiger partial charge is 0.124 e. The van der Waals surface area contributed by atoms with Gasteiger partial charge in [-0.15, -0.1) is 11.3 Å².